The Balaban J connectivity index is 2.68. The highest BCUT2D eigenvalue weighted by atomic mass is 19.1. The Hall–Kier alpha value is -1.62. The summed E-state index contributed by atoms with van der Waals surface area (Å²) in [6.45, 7) is 1.53. The second-order valence-corrected chi connectivity index (χ2v) is 3.21. The highest BCUT2D eigenvalue weighted by Crippen LogP contribution is 2.17. The standard InChI is InChI=1S/C11H14FNO3/c1-8(11(14)13(2)15-3)16-10-7-5-4-6-9(10)12/h4-8H,1-3H3/t8-/m0/s1. The van der Waals surface area contributed by atoms with Crippen molar-refractivity contribution in [3.8, 4) is 5.75 Å². The van der Waals surface area contributed by atoms with E-state index in [9.17, 15) is 9.18 Å². The Labute approximate surface area is 93.5 Å². The van der Waals surface area contributed by atoms with Crippen LogP contribution < -0.4 is 4.74 Å². The van der Waals surface area contributed by atoms with Crippen molar-refractivity contribution >= 4 is 5.91 Å². The van der Waals surface area contributed by atoms with Crippen LogP contribution in [-0.2, 0) is 9.63 Å². The van der Waals surface area contributed by atoms with E-state index in [0.29, 0.717) is 0 Å². The second-order valence-electron chi connectivity index (χ2n) is 3.21. The second kappa shape index (κ2) is 5.46. The van der Waals surface area contributed by atoms with Crippen molar-refractivity contribution < 1.29 is 18.8 Å². The normalized spacial score (nSPS) is 12.0. The fourth-order valence-electron chi connectivity index (χ4n) is 1.13. The highest BCUT2D eigenvalue weighted by molar-refractivity contribution is 5.79. The number of hydrogen-bond donors (Lipinski definition) is 0. The number of likely N-dealkylation sites (N-methyl/N-ethyl adjacent to an activating group) is 1. The number of ether oxygens (including phenoxy) is 1. The lowest BCUT2D eigenvalue weighted by atomic mass is 10.3. The first-order valence-corrected chi connectivity index (χ1v) is 4.79. The van der Waals surface area contributed by atoms with E-state index in [1.807, 2.05) is 0 Å². The summed E-state index contributed by atoms with van der Waals surface area (Å²) in [6.07, 6.45) is -0.804. The Bertz CT molecular complexity index is 370. The van der Waals surface area contributed by atoms with Gasteiger partial charge in [0.2, 0.25) is 0 Å². The molecule has 0 saturated carbocycles. The summed E-state index contributed by atoms with van der Waals surface area (Å²) in [5.74, 6) is -0.833. The molecule has 1 rings (SSSR count). The van der Waals surface area contributed by atoms with E-state index in [-0.39, 0.29) is 11.7 Å². The molecule has 0 unspecified atom stereocenters. The molecule has 1 aromatic rings. The lowest BCUT2D eigenvalue weighted by Crippen LogP contribution is -2.37. The molecule has 1 amide bonds. The number of halogens is 1. The number of hydroxylamine groups is 2. The number of para-hydroxylation sites is 1. The van der Waals surface area contributed by atoms with Gasteiger partial charge in [-0.2, -0.15) is 0 Å². The van der Waals surface area contributed by atoms with Crippen LogP contribution in [-0.4, -0.2) is 31.2 Å². The number of amides is 1. The molecule has 0 saturated heterocycles. The Kier molecular flexibility index (Phi) is 4.25. The first kappa shape index (κ1) is 12.4. The van der Waals surface area contributed by atoms with Gasteiger partial charge in [-0.15, -0.1) is 0 Å². The van der Waals surface area contributed by atoms with Gasteiger partial charge in [0.05, 0.1) is 7.11 Å². The monoisotopic (exact) mass is 227 g/mol. The summed E-state index contributed by atoms with van der Waals surface area (Å²) in [5.41, 5.74) is 0. The van der Waals surface area contributed by atoms with E-state index in [1.54, 1.807) is 12.1 Å². The third-order valence-electron chi connectivity index (χ3n) is 2.07. The van der Waals surface area contributed by atoms with Gasteiger partial charge in [0.25, 0.3) is 5.91 Å². The van der Waals surface area contributed by atoms with Crippen molar-refractivity contribution in [1.29, 1.82) is 0 Å². The molecule has 0 radical (unpaired) electrons. The van der Waals surface area contributed by atoms with Crippen molar-refractivity contribution in [2.45, 2.75) is 13.0 Å². The van der Waals surface area contributed by atoms with Crippen molar-refractivity contribution in [2.75, 3.05) is 14.2 Å². The lowest BCUT2D eigenvalue weighted by molar-refractivity contribution is -0.175. The maximum atomic E-state index is 13.2. The van der Waals surface area contributed by atoms with E-state index in [2.05, 4.69) is 0 Å². The molecule has 4 nitrogen and oxygen atoms in total. The predicted molar refractivity (Wildman–Crippen MR) is 56.3 cm³/mol. The van der Waals surface area contributed by atoms with Gasteiger partial charge in [0, 0.05) is 7.05 Å². The molecular formula is C11H14FNO3. The van der Waals surface area contributed by atoms with Gasteiger partial charge in [0.15, 0.2) is 17.7 Å². The number of rotatable bonds is 4. The largest absolute Gasteiger partial charge is 0.478 e. The van der Waals surface area contributed by atoms with Crippen LogP contribution in [0.5, 0.6) is 5.75 Å². The van der Waals surface area contributed by atoms with Gasteiger partial charge >= 0.3 is 0 Å². The SMILES string of the molecule is CON(C)C(=O)[C@H](C)Oc1ccccc1F. The Morgan fingerprint density at radius 1 is 1.44 bits per heavy atom. The molecule has 0 aromatic heterocycles. The fraction of sp³-hybridized carbons (Fsp3) is 0.364. The third-order valence-corrected chi connectivity index (χ3v) is 2.07. The number of carbonyl (C=O) groups excluding carboxylic acids is 1. The molecular weight excluding hydrogens is 213 g/mol. The quantitative estimate of drug-likeness (QED) is 0.733. The predicted octanol–water partition coefficient (Wildman–Crippen LogP) is 1.61. The van der Waals surface area contributed by atoms with E-state index >= 15 is 0 Å². The van der Waals surface area contributed by atoms with Crippen molar-refractivity contribution in [3.05, 3.63) is 30.1 Å². The molecule has 88 valence electrons. The average molecular weight is 227 g/mol. The zero-order valence-corrected chi connectivity index (χ0v) is 9.44. The smallest absolute Gasteiger partial charge is 0.286 e. The average Bonchev–Trinajstić information content (AvgIpc) is 2.30. The van der Waals surface area contributed by atoms with Crippen molar-refractivity contribution in [1.82, 2.24) is 5.06 Å². The summed E-state index contributed by atoms with van der Waals surface area (Å²) in [4.78, 5) is 16.3. The van der Waals surface area contributed by atoms with Crippen molar-refractivity contribution in [2.24, 2.45) is 0 Å². The van der Waals surface area contributed by atoms with Crippen LogP contribution in [0.4, 0.5) is 4.39 Å². The summed E-state index contributed by atoms with van der Waals surface area (Å²) < 4.78 is 18.4. The number of carbonyl (C=O) groups is 1. The molecule has 0 N–H and O–H groups in total. The van der Waals surface area contributed by atoms with Gasteiger partial charge in [-0.25, -0.2) is 9.45 Å². The molecule has 1 atom stereocenters. The molecule has 0 aliphatic heterocycles. The summed E-state index contributed by atoms with van der Waals surface area (Å²) in [7, 11) is 2.83. The number of benzene rings is 1. The minimum Gasteiger partial charge on any atom is -0.478 e. The maximum absolute atomic E-state index is 13.2. The Morgan fingerprint density at radius 3 is 2.62 bits per heavy atom. The number of nitrogens with zero attached hydrogens (tertiary/aromatic N) is 1. The van der Waals surface area contributed by atoms with E-state index in [1.165, 1.54) is 33.2 Å². The first-order valence-electron chi connectivity index (χ1n) is 4.79. The molecule has 5 heteroatoms. The lowest BCUT2D eigenvalue weighted by Gasteiger charge is -2.19. The molecule has 16 heavy (non-hydrogen) atoms. The number of hydrogen-bond acceptors (Lipinski definition) is 3. The van der Waals surface area contributed by atoms with Crippen LogP contribution in [0.3, 0.4) is 0 Å². The topological polar surface area (TPSA) is 38.8 Å². The molecule has 0 aliphatic rings. The minimum absolute atomic E-state index is 0.0489. The zero-order valence-electron chi connectivity index (χ0n) is 9.44. The molecule has 1 aromatic carbocycles. The van der Waals surface area contributed by atoms with Crippen LogP contribution in [0.15, 0.2) is 24.3 Å². The molecule has 0 spiro atoms. The van der Waals surface area contributed by atoms with E-state index in [4.69, 9.17) is 9.57 Å². The van der Waals surface area contributed by atoms with Gasteiger partial charge in [-0.05, 0) is 19.1 Å². The Morgan fingerprint density at radius 2 is 2.06 bits per heavy atom. The fourth-order valence-corrected chi connectivity index (χ4v) is 1.13. The zero-order chi connectivity index (χ0) is 12.1. The molecule has 0 aliphatic carbocycles. The van der Waals surface area contributed by atoms with Crippen LogP contribution in [0.2, 0.25) is 0 Å². The summed E-state index contributed by atoms with van der Waals surface area (Å²) in [6, 6.07) is 5.92. The van der Waals surface area contributed by atoms with E-state index < -0.39 is 11.9 Å². The van der Waals surface area contributed by atoms with Gasteiger partial charge < -0.3 is 4.74 Å². The van der Waals surface area contributed by atoms with Gasteiger partial charge in [-0.1, -0.05) is 12.1 Å². The van der Waals surface area contributed by atoms with Gasteiger partial charge in [-0.3, -0.25) is 9.63 Å². The molecule has 0 heterocycles. The van der Waals surface area contributed by atoms with Crippen molar-refractivity contribution in [3.63, 3.8) is 0 Å². The van der Waals surface area contributed by atoms with E-state index in [0.717, 1.165) is 5.06 Å². The minimum atomic E-state index is -0.804. The van der Waals surface area contributed by atoms with Crippen LogP contribution in [0.1, 0.15) is 6.92 Å². The maximum Gasteiger partial charge on any atom is 0.286 e. The van der Waals surface area contributed by atoms with Crippen LogP contribution in [0, 0.1) is 5.82 Å². The molecule has 0 bridgehead atoms. The molecule has 0 fully saturated rings. The van der Waals surface area contributed by atoms with Crippen LogP contribution >= 0.6 is 0 Å². The first-order chi connectivity index (χ1) is 7.56. The van der Waals surface area contributed by atoms with Gasteiger partial charge in [0.1, 0.15) is 0 Å². The highest BCUT2D eigenvalue weighted by Gasteiger charge is 2.20. The summed E-state index contributed by atoms with van der Waals surface area (Å²) >= 11 is 0. The van der Waals surface area contributed by atoms with Crippen LogP contribution in [0.25, 0.3) is 0 Å². The summed E-state index contributed by atoms with van der Waals surface area (Å²) in [5, 5.41) is 1.03. The third kappa shape index (κ3) is 2.93.